The van der Waals surface area contributed by atoms with Crippen molar-refractivity contribution in [2.75, 3.05) is 19.8 Å². The van der Waals surface area contributed by atoms with Crippen molar-refractivity contribution in [3.8, 4) is 0 Å². The van der Waals surface area contributed by atoms with E-state index in [1.165, 1.54) is 51.4 Å². The van der Waals surface area contributed by atoms with Crippen LogP contribution < -0.4 is 5.73 Å². The van der Waals surface area contributed by atoms with Crippen LogP contribution in [0.25, 0.3) is 0 Å². The van der Waals surface area contributed by atoms with E-state index in [2.05, 4.69) is 79.1 Å². The highest BCUT2D eigenvalue weighted by atomic mass is 31.2. The van der Waals surface area contributed by atoms with Crippen LogP contribution in [0, 0.1) is 0 Å². The Morgan fingerprint density at radius 3 is 1.48 bits per heavy atom. The minimum absolute atomic E-state index is 0.141. The lowest BCUT2D eigenvalue weighted by Gasteiger charge is -2.20. The van der Waals surface area contributed by atoms with Gasteiger partial charge in [0.2, 0.25) is 0 Å². The van der Waals surface area contributed by atoms with Crippen molar-refractivity contribution < 1.29 is 47.5 Å². The number of hydrogen-bond donors (Lipinski definition) is 3. The summed E-state index contributed by atoms with van der Waals surface area (Å²) in [6.45, 7) is 2.70. The summed E-state index contributed by atoms with van der Waals surface area (Å²) in [5, 5.41) is 8.88. The van der Waals surface area contributed by atoms with Crippen LogP contribution in [0.2, 0.25) is 0 Å². The lowest BCUT2D eigenvalue weighted by Crippen LogP contribution is -2.34. The first-order valence-electron chi connectivity index (χ1n) is 21.3. The number of unbranched alkanes of at least 4 members (excludes halogenated alkanes) is 15. The average molecular weight is 810 g/mol. The van der Waals surface area contributed by atoms with Gasteiger partial charge in [-0.15, -0.1) is 0 Å². The molecular formula is C44H76NO10P. The lowest BCUT2D eigenvalue weighted by molar-refractivity contribution is -0.161. The number of hydrogen-bond acceptors (Lipinski definition) is 9. The summed E-state index contributed by atoms with van der Waals surface area (Å²) < 4.78 is 32.6. The smallest absolute Gasteiger partial charge is 0.472 e. The van der Waals surface area contributed by atoms with Crippen molar-refractivity contribution >= 4 is 25.7 Å². The van der Waals surface area contributed by atoms with Gasteiger partial charge in [0.15, 0.2) is 6.10 Å². The number of phosphoric ester groups is 1. The van der Waals surface area contributed by atoms with E-state index < -0.39 is 51.1 Å². The number of esters is 2. The fraction of sp³-hybridized carbons (Fsp3) is 0.705. The molecule has 0 spiro atoms. The molecule has 0 aliphatic carbocycles. The summed E-state index contributed by atoms with van der Waals surface area (Å²) in [5.74, 6) is -2.44. The van der Waals surface area contributed by atoms with Gasteiger partial charge in [-0.2, -0.15) is 0 Å². The Balaban J connectivity index is 4.45. The van der Waals surface area contributed by atoms with Gasteiger partial charge in [0.05, 0.1) is 13.2 Å². The predicted octanol–water partition coefficient (Wildman–Crippen LogP) is 11.2. The number of carbonyl (C=O) groups excluding carboxylic acids is 2. The van der Waals surface area contributed by atoms with Crippen molar-refractivity contribution in [1.29, 1.82) is 0 Å². The molecule has 56 heavy (non-hydrogen) atoms. The van der Waals surface area contributed by atoms with Gasteiger partial charge >= 0.3 is 25.7 Å². The Kier molecular flexibility index (Phi) is 37.1. The fourth-order valence-electron chi connectivity index (χ4n) is 5.34. The van der Waals surface area contributed by atoms with Crippen LogP contribution in [-0.4, -0.2) is 59.9 Å². The second-order valence-electron chi connectivity index (χ2n) is 14.1. The molecule has 0 aromatic rings. The van der Waals surface area contributed by atoms with Crippen molar-refractivity contribution in [1.82, 2.24) is 0 Å². The second-order valence-corrected chi connectivity index (χ2v) is 15.6. The van der Waals surface area contributed by atoms with Crippen LogP contribution in [0.5, 0.6) is 0 Å². The monoisotopic (exact) mass is 810 g/mol. The topological polar surface area (TPSA) is 172 Å². The molecule has 0 rings (SSSR count). The first kappa shape index (κ1) is 53.2. The number of allylic oxidation sites excluding steroid dienone is 10. The van der Waals surface area contributed by atoms with E-state index in [1.807, 2.05) is 0 Å². The normalized spacial score (nSPS) is 14.4. The van der Waals surface area contributed by atoms with Crippen molar-refractivity contribution in [2.45, 2.75) is 180 Å². The maximum absolute atomic E-state index is 12.6. The summed E-state index contributed by atoms with van der Waals surface area (Å²) in [4.78, 5) is 45.9. The van der Waals surface area contributed by atoms with Gasteiger partial charge < -0.3 is 25.2 Å². The molecule has 1 unspecified atom stereocenters. The number of aliphatic carboxylic acids is 1. The highest BCUT2D eigenvalue weighted by Crippen LogP contribution is 2.43. The maximum Gasteiger partial charge on any atom is 0.472 e. The van der Waals surface area contributed by atoms with E-state index in [4.69, 9.17) is 24.8 Å². The Hall–Kier alpha value is -2.82. The summed E-state index contributed by atoms with van der Waals surface area (Å²) in [6, 6.07) is -1.53. The fourth-order valence-corrected chi connectivity index (χ4v) is 6.11. The quantitative estimate of drug-likeness (QED) is 0.0233. The minimum atomic E-state index is -4.73. The first-order valence-corrected chi connectivity index (χ1v) is 22.8. The van der Waals surface area contributed by atoms with Crippen LogP contribution in [0.1, 0.15) is 168 Å². The second kappa shape index (κ2) is 39.0. The van der Waals surface area contributed by atoms with E-state index in [0.717, 1.165) is 77.0 Å². The van der Waals surface area contributed by atoms with Gasteiger partial charge in [-0.1, -0.05) is 132 Å². The third-order valence-electron chi connectivity index (χ3n) is 8.74. The van der Waals surface area contributed by atoms with Gasteiger partial charge in [-0.05, 0) is 83.5 Å². The van der Waals surface area contributed by atoms with Crippen LogP contribution in [0.3, 0.4) is 0 Å². The molecule has 0 aliphatic rings. The molecule has 3 atom stereocenters. The molecule has 4 N–H and O–H groups in total. The van der Waals surface area contributed by atoms with Crippen LogP contribution in [0.4, 0.5) is 0 Å². The van der Waals surface area contributed by atoms with Crippen LogP contribution >= 0.6 is 7.82 Å². The molecule has 0 radical (unpaired) electrons. The zero-order chi connectivity index (χ0) is 41.4. The largest absolute Gasteiger partial charge is 0.480 e. The number of phosphoric acid groups is 1. The number of carboxylic acids is 1. The SMILES string of the molecule is CCCCC/C=C\C/C=C\C/C=C\C/C=C\CCCCCC(=O)OC[C@H](COP(=O)(O)OC[C@H](N)C(=O)O)OC(=O)CCCCCCC/C=C\CCCCCC. The molecule has 0 heterocycles. The Morgan fingerprint density at radius 1 is 0.554 bits per heavy atom. The molecule has 0 saturated carbocycles. The number of rotatable bonds is 39. The van der Waals surface area contributed by atoms with Gasteiger partial charge in [0.25, 0.3) is 0 Å². The highest BCUT2D eigenvalue weighted by Gasteiger charge is 2.28. The van der Waals surface area contributed by atoms with E-state index in [-0.39, 0.29) is 19.4 Å². The molecule has 12 heteroatoms. The Labute approximate surface area is 338 Å². The van der Waals surface area contributed by atoms with Crippen LogP contribution in [-0.2, 0) is 37.5 Å². The minimum Gasteiger partial charge on any atom is -0.480 e. The van der Waals surface area contributed by atoms with Gasteiger partial charge in [0.1, 0.15) is 12.6 Å². The summed E-state index contributed by atoms with van der Waals surface area (Å²) >= 11 is 0. The molecule has 0 amide bonds. The summed E-state index contributed by atoms with van der Waals surface area (Å²) in [5.41, 5.74) is 5.32. The standard InChI is InChI=1S/C44H76NO10P/c1-3-5-7-9-11-13-15-17-18-19-20-21-22-24-25-27-29-31-33-35-42(46)52-37-40(38-53-56(50,51)54-39-41(45)44(48)49)55-43(47)36-34-32-30-28-26-23-16-14-12-10-8-6-4-2/h11,13-14,16-18,20-21,24-25,40-41H,3-10,12,15,19,22-23,26-39,45H2,1-2H3,(H,48,49)(H,50,51)/b13-11-,16-14-,18-17-,21-20-,25-24-/t40-,41+/m1/s1. The maximum atomic E-state index is 12.6. The number of carbonyl (C=O) groups is 3. The molecule has 0 aliphatic heterocycles. The molecular weight excluding hydrogens is 733 g/mol. The molecule has 0 aromatic carbocycles. The lowest BCUT2D eigenvalue weighted by atomic mass is 10.1. The Morgan fingerprint density at radius 2 is 0.946 bits per heavy atom. The van der Waals surface area contributed by atoms with E-state index in [1.54, 1.807) is 0 Å². The van der Waals surface area contributed by atoms with Gasteiger partial charge in [-0.25, -0.2) is 4.57 Å². The van der Waals surface area contributed by atoms with E-state index in [9.17, 15) is 23.8 Å². The summed E-state index contributed by atoms with van der Waals surface area (Å²) in [7, 11) is -4.73. The zero-order valence-electron chi connectivity index (χ0n) is 34.7. The molecule has 0 saturated heterocycles. The van der Waals surface area contributed by atoms with Gasteiger partial charge in [-0.3, -0.25) is 23.4 Å². The van der Waals surface area contributed by atoms with Crippen molar-refractivity contribution in [2.24, 2.45) is 5.73 Å². The number of ether oxygens (including phenoxy) is 2. The van der Waals surface area contributed by atoms with Crippen molar-refractivity contribution in [3.63, 3.8) is 0 Å². The van der Waals surface area contributed by atoms with Gasteiger partial charge in [0, 0.05) is 12.8 Å². The molecule has 11 nitrogen and oxygen atoms in total. The molecule has 0 aromatic heterocycles. The first-order chi connectivity index (χ1) is 27.1. The predicted molar refractivity (Wildman–Crippen MR) is 226 cm³/mol. The number of carboxylic acid groups (broad SMARTS) is 1. The number of nitrogens with two attached hydrogens (primary N) is 1. The molecule has 0 fully saturated rings. The third kappa shape index (κ3) is 38.1. The average Bonchev–Trinajstić information content (AvgIpc) is 3.17. The van der Waals surface area contributed by atoms with Crippen LogP contribution in [0.15, 0.2) is 60.8 Å². The van der Waals surface area contributed by atoms with Crippen molar-refractivity contribution in [3.05, 3.63) is 60.8 Å². The highest BCUT2D eigenvalue weighted by molar-refractivity contribution is 7.47. The third-order valence-corrected chi connectivity index (χ3v) is 9.69. The van der Waals surface area contributed by atoms with E-state index in [0.29, 0.717) is 12.8 Å². The van der Waals surface area contributed by atoms with E-state index >= 15 is 0 Å². The zero-order valence-corrected chi connectivity index (χ0v) is 35.6. The molecule has 0 bridgehead atoms. The Bertz CT molecular complexity index is 1180. The summed E-state index contributed by atoms with van der Waals surface area (Å²) in [6.07, 6.45) is 44.3. The molecule has 322 valence electrons.